The minimum absolute atomic E-state index is 0.512. The normalized spacial score (nSPS) is 12.5. The summed E-state index contributed by atoms with van der Waals surface area (Å²) in [5, 5.41) is 0. The highest BCUT2D eigenvalue weighted by Gasteiger charge is 2.30. The van der Waals surface area contributed by atoms with E-state index in [-0.39, 0.29) is 0 Å². The summed E-state index contributed by atoms with van der Waals surface area (Å²) in [4.78, 5) is 56.8. The summed E-state index contributed by atoms with van der Waals surface area (Å²) in [6.45, 7) is 3.03. The number of hydrogen-bond donors (Lipinski definition) is 4. The van der Waals surface area contributed by atoms with Gasteiger partial charge in [-0.15, -0.1) is 0 Å². The molecular formula is C8H15O11P3. The third-order valence-corrected chi connectivity index (χ3v) is 4.87. The Balaban J connectivity index is 4.58. The fraction of sp³-hybridized carbons (Fsp3) is 0.500. The van der Waals surface area contributed by atoms with Crippen LogP contribution in [0.2, 0.25) is 0 Å². The van der Waals surface area contributed by atoms with Crippen molar-refractivity contribution < 1.29 is 51.9 Å². The third-order valence-electron chi connectivity index (χ3n) is 1.90. The monoisotopic (exact) mass is 380 g/mol. The van der Waals surface area contributed by atoms with Crippen LogP contribution >= 0.6 is 22.8 Å². The van der Waals surface area contributed by atoms with Crippen molar-refractivity contribution in [2.24, 2.45) is 0 Å². The molecule has 0 aromatic heterocycles. The van der Waals surface area contributed by atoms with E-state index in [2.05, 4.69) is 15.6 Å². The average molecular weight is 380 g/mol. The van der Waals surface area contributed by atoms with Crippen molar-refractivity contribution in [1.82, 2.24) is 0 Å². The van der Waals surface area contributed by atoms with Crippen LogP contribution in [0.1, 0.15) is 12.8 Å². The molecule has 0 fully saturated rings. The molecule has 0 unspecified atom stereocenters. The molecule has 0 aromatic carbocycles. The smallest absolute Gasteiger partial charge is 0.380 e. The molecule has 22 heavy (non-hydrogen) atoms. The minimum atomic E-state index is -4.46. The van der Waals surface area contributed by atoms with Crippen LogP contribution in [0.5, 0.6) is 0 Å². The van der Waals surface area contributed by atoms with Crippen LogP contribution in [0, 0.1) is 0 Å². The zero-order valence-electron chi connectivity index (χ0n) is 11.1. The number of carbonyl (C=O) groups is 2. The largest absolute Gasteiger partial charge is 0.459 e. The molecule has 0 spiro atoms. The molecule has 11 nitrogen and oxygen atoms in total. The van der Waals surface area contributed by atoms with Crippen molar-refractivity contribution in [3.05, 3.63) is 12.4 Å². The summed E-state index contributed by atoms with van der Waals surface area (Å²) in [6.07, 6.45) is -3.26. The Hall–Kier alpha value is -0.790. The Bertz CT molecular complexity index is 526. The summed E-state index contributed by atoms with van der Waals surface area (Å²) in [5.74, 6) is -2.08. The zero-order chi connectivity index (χ0) is 17.6. The van der Waals surface area contributed by atoms with E-state index in [1.165, 1.54) is 0 Å². The maximum atomic E-state index is 11.9. The van der Waals surface area contributed by atoms with Crippen molar-refractivity contribution in [2.75, 3.05) is 12.3 Å². The first-order chi connectivity index (χ1) is 9.76. The molecule has 0 radical (unpaired) electrons. The SMILES string of the molecule is C=CP(=O)(OC(=O)CCP(=O)(O)O)OC(=O)CCP(=O)(O)O. The van der Waals surface area contributed by atoms with Crippen molar-refractivity contribution in [1.29, 1.82) is 0 Å². The van der Waals surface area contributed by atoms with Gasteiger partial charge in [-0.05, 0) is 0 Å². The predicted molar refractivity (Wildman–Crippen MR) is 73.0 cm³/mol. The van der Waals surface area contributed by atoms with Crippen molar-refractivity contribution >= 4 is 34.7 Å². The quantitative estimate of drug-likeness (QED) is 0.409. The lowest BCUT2D eigenvalue weighted by Crippen LogP contribution is -2.10. The van der Waals surface area contributed by atoms with E-state index in [1.807, 2.05) is 0 Å². The van der Waals surface area contributed by atoms with Crippen LogP contribution in [-0.2, 0) is 32.3 Å². The lowest BCUT2D eigenvalue weighted by Gasteiger charge is -2.14. The van der Waals surface area contributed by atoms with Gasteiger partial charge in [0, 0.05) is 5.82 Å². The molecule has 0 bridgehead atoms. The molecule has 0 heterocycles. The van der Waals surface area contributed by atoms with E-state index >= 15 is 0 Å². The molecule has 0 aromatic rings. The van der Waals surface area contributed by atoms with Crippen LogP contribution in [0.3, 0.4) is 0 Å². The topological polar surface area (TPSA) is 185 Å². The Kier molecular flexibility index (Phi) is 7.88. The first kappa shape index (κ1) is 21.2. The molecule has 0 amide bonds. The number of hydrogen-bond acceptors (Lipinski definition) is 7. The number of carbonyl (C=O) groups excluding carboxylic acids is 2. The highest BCUT2D eigenvalue weighted by molar-refractivity contribution is 7.58. The van der Waals surface area contributed by atoms with E-state index in [0.717, 1.165) is 0 Å². The summed E-state index contributed by atoms with van der Waals surface area (Å²) in [5.41, 5.74) is 0. The summed E-state index contributed by atoms with van der Waals surface area (Å²) >= 11 is 0. The first-order valence-corrected chi connectivity index (χ1v) is 10.7. The fourth-order valence-electron chi connectivity index (χ4n) is 0.942. The van der Waals surface area contributed by atoms with Crippen LogP contribution < -0.4 is 0 Å². The van der Waals surface area contributed by atoms with E-state index in [0.29, 0.717) is 5.82 Å². The highest BCUT2D eigenvalue weighted by atomic mass is 31.2. The Morgan fingerprint density at radius 2 is 1.18 bits per heavy atom. The Morgan fingerprint density at radius 1 is 0.864 bits per heavy atom. The molecule has 0 aliphatic carbocycles. The van der Waals surface area contributed by atoms with Gasteiger partial charge in [-0.2, -0.15) is 0 Å². The molecular weight excluding hydrogens is 365 g/mol. The molecule has 14 heteroatoms. The second-order valence-corrected chi connectivity index (χ2v) is 9.29. The van der Waals surface area contributed by atoms with Crippen LogP contribution in [0.15, 0.2) is 12.4 Å². The Labute approximate surface area is 125 Å². The zero-order valence-corrected chi connectivity index (χ0v) is 13.8. The second kappa shape index (κ2) is 8.17. The van der Waals surface area contributed by atoms with Gasteiger partial charge in [0.15, 0.2) is 0 Å². The molecule has 0 rings (SSSR count). The van der Waals surface area contributed by atoms with Gasteiger partial charge >= 0.3 is 34.7 Å². The van der Waals surface area contributed by atoms with Gasteiger partial charge in [-0.1, -0.05) is 6.58 Å². The van der Waals surface area contributed by atoms with Crippen LogP contribution in [-0.4, -0.2) is 43.8 Å². The van der Waals surface area contributed by atoms with Gasteiger partial charge in [0.25, 0.3) is 0 Å². The summed E-state index contributed by atoms with van der Waals surface area (Å²) in [7, 11) is -13.3. The van der Waals surface area contributed by atoms with Crippen molar-refractivity contribution in [3.8, 4) is 0 Å². The molecule has 0 saturated carbocycles. The van der Waals surface area contributed by atoms with Gasteiger partial charge in [-0.25, -0.2) is 4.57 Å². The third kappa shape index (κ3) is 10.9. The first-order valence-electron chi connectivity index (χ1n) is 5.54. The van der Waals surface area contributed by atoms with Crippen LogP contribution in [0.4, 0.5) is 0 Å². The van der Waals surface area contributed by atoms with Gasteiger partial charge in [0.2, 0.25) is 0 Å². The fourth-order valence-corrected chi connectivity index (χ4v) is 2.83. The molecule has 0 aliphatic heterocycles. The lowest BCUT2D eigenvalue weighted by atomic mass is 10.5. The second-order valence-electron chi connectivity index (χ2n) is 3.93. The summed E-state index contributed by atoms with van der Waals surface area (Å²) in [6, 6.07) is 0. The Morgan fingerprint density at radius 3 is 1.41 bits per heavy atom. The summed E-state index contributed by atoms with van der Waals surface area (Å²) < 4.78 is 41.6. The lowest BCUT2D eigenvalue weighted by molar-refractivity contribution is -0.138. The molecule has 4 N–H and O–H groups in total. The van der Waals surface area contributed by atoms with E-state index in [9.17, 15) is 23.3 Å². The molecule has 0 atom stereocenters. The molecule has 0 saturated heterocycles. The molecule has 128 valence electrons. The maximum absolute atomic E-state index is 11.9. The van der Waals surface area contributed by atoms with Crippen LogP contribution in [0.25, 0.3) is 0 Å². The van der Waals surface area contributed by atoms with Gasteiger partial charge in [0.1, 0.15) is 0 Å². The van der Waals surface area contributed by atoms with Gasteiger partial charge in [0.05, 0.1) is 25.2 Å². The highest BCUT2D eigenvalue weighted by Crippen LogP contribution is 2.50. The van der Waals surface area contributed by atoms with Crippen molar-refractivity contribution in [3.63, 3.8) is 0 Å². The molecule has 0 aliphatic rings. The van der Waals surface area contributed by atoms with E-state index in [4.69, 9.17) is 19.6 Å². The predicted octanol–water partition coefficient (Wildman–Crippen LogP) is 0.545. The van der Waals surface area contributed by atoms with E-state index in [1.54, 1.807) is 0 Å². The van der Waals surface area contributed by atoms with Gasteiger partial charge in [-0.3, -0.25) is 18.7 Å². The number of rotatable bonds is 9. The van der Waals surface area contributed by atoms with E-state index < -0.39 is 59.9 Å². The maximum Gasteiger partial charge on any atom is 0.459 e. The standard InChI is InChI=1S/C8H15O11P3/c1-2-22(17,18-7(9)3-5-20(11,12)13)19-8(10)4-6-21(14,15)16/h2H,1,3-6H2,(H2,11,12,13)(H2,14,15,16). The average Bonchev–Trinajstić information content (AvgIpc) is 2.32. The van der Waals surface area contributed by atoms with Gasteiger partial charge < -0.3 is 28.6 Å². The minimum Gasteiger partial charge on any atom is -0.380 e. The van der Waals surface area contributed by atoms with Crippen molar-refractivity contribution in [2.45, 2.75) is 12.8 Å².